The molecular weight excluding hydrogens is 482 g/mol. The molecule has 3 atom stereocenters. The number of carbonyl (C=O) groups excluding carboxylic acids is 3. The zero-order valence-electron chi connectivity index (χ0n) is 20.7. The zero-order valence-corrected chi connectivity index (χ0v) is 20.7. The van der Waals surface area contributed by atoms with Crippen LogP contribution in [-0.2, 0) is 16.1 Å². The van der Waals surface area contributed by atoms with Crippen LogP contribution in [0.2, 0.25) is 0 Å². The van der Waals surface area contributed by atoms with Crippen molar-refractivity contribution in [2.24, 2.45) is 0 Å². The maximum absolute atomic E-state index is 13.7. The van der Waals surface area contributed by atoms with Gasteiger partial charge in [-0.2, -0.15) is 0 Å². The van der Waals surface area contributed by atoms with E-state index in [9.17, 15) is 14.4 Å². The Kier molecular flexibility index (Phi) is 7.21. The molecule has 8 heteroatoms. The van der Waals surface area contributed by atoms with Gasteiger partial charge in [-0.05, 0) is 47.9 Å². The van der Waals surface area contributed by atoms with Crippen LogP contribution in [0.5, 0.6) is 0 Å². The van der Waals surface area contributed by atoms with Crippen molar-refractivity contribution in [2.75, 3.05) is 5.32 Å². The van der Waals surface area contributed by atoms with Crippen molar-refractivity contribution in [1.29, 1.82) is 0 Å². The standard InChI is InChI=1S/C30H27N3O5/c1-20(22-11-6-3-7-12-22)31-29(35)26-27(38-30(36)33(26)19-21-9-4-2-5-10-21)23-14-16-24(17-15-23)32-28(34)25-13-8-18-37-25/h2-18,20,26-27H,19H2,1H3,(H,31,35)(H,32,34)/t20-,26+,27-/m0/s1. The highest BCUT2D eigenvalue weighted by Crippen LogP contribution is 2.35. The van der Waals surface area contributed by atoms with E-state index in [4.69, 9.17) is 9.15 Å². The monoisotopic (exact) mass is 509 g/mol. The van der Waals surface area contributed by atoms with Crippen LogP contribution in [0.4, 0.5) is 10.5 Å². The first-order valence-electron chi connectivity index (χ1n) is 12.3. The normalized spacial score (nSPS) is 17.5. The minimum absolute atomic E-state index is 0.194. The molecule has 1 aliphatic heterocycles. The highest BCUT2D eigenvalue weighted by Gasteiger charge is 2.47. The highest BCUT2D eigenvalue weighted by molar-refractivity contribution is 6.02. The number of furan rings is 1. The molecule has 4 aromatic rings. The predicted octanol–water partition coefficient (Wildman–Crippen LogP) is 5.47. The lowest BCUT2D eigenvalue weighted by Gasteiger charge is -2.26. The van der Waals surface area contributed by atoms with E-state index in [0.717, 1.165) is 11.1 Å². The lowest BCUT2D eigenvalue weighted by atomic mass is 9.99. The van der Waals surface area contributed by atoms with E-state index in [2.05, 4.69) is 10.6 Å². The van der Waals surface area contributed by atoms with Gasteiger partial charge in [0, 0.05) is 5.69 Å². The molecule has 1 saturated heterocycles. The van der Waals surface area contributed by atoms with Crippen molar-refractivity contribution in [3.8, 4) is 0 Å². The summed E-state index contributed by atoms with van der Waals surface area (Å²) in [5.74, 6) is -0.501. The van der Waals surface area contributed by atoms with Gasteiger partial charge in [0.2, 0.25) is 5.91 Å². The van der Waals surface area contributed by atoms with E-state index >= 15 is 0 Å². The fourth-order valence-electron chi connectivity index (χ4n) is 4.47. The topological polar surface area (TPSA) is 101 Å². The summed E-state index contributed by atoms with van der Waals surface area (Å²) in [5, 5.41) is 5.81. The molecule has 3 aromatic carbocycles. The van der Waals surface area contributed by atoms with Gasteiger partial charge < -0.3 is 19.8 Å². The van der Waals surface area contributed by atoms with Crippen molar-refractivity contribution >= 4 is 23.6 Å². The number of rotatable bonds is 8. The smallest absolute Gasteiger partial charge is 0.411 e. The number of hydrogen-bond donors (Lipinski definition) is 2. The Labute approximate surface area is 220 Å². The van der Waals surface area contributed by atoms with E-state index in [1.807, 2.05) is 67.6 Å². The molecule has 0 aliphatic carbocycles. The van der Waals surface area contributed by atoms with Gasteiger partial charge in [-0.15, -0.1) is 0 Å². The number of carbonyl (C=O) groups is 3. The van der Waals surface area contributed by atoms with E-state index < -0.39 is 18.2 Å². The van der Waals surface area contributed by atoms with Crippen LogP contribution in [0, 0.1) is 0 Å². The third-order valence-corrected chi connectivity index (χ3v) is 6.45. The van der Waals surface area contributed by atoms with Crippen LogP contribution in [0.1, 0.15) is 46.3 Å². The molecule has 0 spiro atoms. The molecule has 8 nitrogen and oxygen atoms in total. The lowest BCUT2D eigenvalue weighted by molar-refractivity contribution is -0.127. The van der Waals surface area contributed by atoms with Crippen molar-refractivity contribution in [3.63, 3.8) is 0 Å². The average Bonchev–Trinajstić information content (AvgIpc) is 3.59. The van der Waals surface area contributed by atoms with Crippen LogP contribution in [-0.4, -0.2) is 28.8 Å². The van der Waals surface area contributed by atoms with Crippen LogP contribution in [0.3, 0.4) is 0 Å². The van der Waals surface area contributed by atoms with Crippen LogP contribution in [0.15, 0.2) is 108 Å². The Morgan fingerprint density at radius 3 is 2.24 bits per heavy atom. The molecular formula is C30H27N3O5. The molecule has 0 saturated carbocycles. The SMILES string of the molecule is C[C@H](NC(=O)[C@H]1[C@H](c2ccc(NC(=O)c3ccco3)cc2)OC(=O)N1Cc1ccccc1)c1ccccc1. The van der Waals surface area contributed by atoms with E-state index in [-0.39, 0.29) is 30.2 Å². The summed E-state index contributed by atoms with van der Waals surface area (Å²) >= 11 is 0. The van der Waals surface area contributed by atoms with Gasteiger partial charge in [-0.25, -0.2) is 4.79 Å². The second-order valence-electron chi connectivity index (χ2n) is 9.06. The van der Waals surface area contributed by atoms with E-state index in [1.165, 1.54) is 11.2 Å². The third kappa shape index (κ3) is 5.44. The molecule has 2 heterocycles. The van der Waals surface area contributed by atoms with Crippen LogP contribution < -0.4 is 10.6 Å². The number of amides is 3. The minimum atomic E-state index is -0.891. The maximum atomic E-state index is 13.7. The van der Waals surface area contributed by atoms with Gasteiger partial charge in [-0.3, -0.25) is 14.5 Å². The van der Waals surface area contributed by atoms with Crippen molar-refractivity contribution in [1.82, 2.24) is 10.2 Å². The van der Waals surface area contributed by atoms with Crippen molar-refractivity contribution in [2.45, 2.75) is 31.7 Å². The van der Waals surface area contributed by atoms with Gasteiger partial charge in [0.15, 0.2) is 17.9 Å². The first-order chi connectivity index (χ1) is 18.5. The molecule has 0 bridgehead atoms. The fourth-order valence-corrected chi connectivity index (χ4v) is 4.47. The molecule has 3 amide bonds. The first kappa shape index (κ1) is 24.8. The number of anilines is 1. The summed E-state index contributed by atoms with van der Waals surface area (Å²) in [6, 6.07) is 28.0. The number of nitrogens with zero attached hydrogens (tertiary/aromatic N) is 1. The molecule has 2 N–H and O–H groups in total. The molecule has 0 unspecified atom stereocenters. The quantitative estimate of drug-likeness (QED) is 0.328. The number of benzene rings is 3. The number of nitrogens with one attached hydrogen (secondary N) is 2. The maximum Gasteiger partial charge on any atom is 0.411 e. The first-order valence-corrected chi connectivity index (χ1v) is 12.3. The second-order valence-corrected chi connectivity index (χ2v) is 9.06. The Morgan fingerprint density at radius 2 is 1.58 bits per heavy atom. The molecule has 192 valence electrons. The number of hydrogen-bond acceptors (Lipinski definition) is 5. The Balaban J connectivity index is 1.38. The summed E-state index contributed by atoms with van der Waals surface area (Å²) in [5.41, 5.74) is 3.01. The van der Waals surface area contributed by atoms with Gasteiger partial charge >= 0.3 is 6.09 Å². The van der Waals surface area contributed by atoms with E-state index in [1.54, 1.807) is 36.4 Å². The number of cyclic esters (lactones) is 1. The molecule has 1 fully saturated rings. The van der Waals surface area contributed by atoms with Gasteiger partial charge in [0.25, 0.3) is 5.91 Å². The van der Waals surface area contributed by atoms with Crippen LogP contribution >= 0.6 is 0 Å². The molecule has 38 heavy (non-hydrogen) atoms. The molecule has 5 rings (SSSR count). The van der Waals surface area contributed by atoms with Gasteiger partial charge in [0.1, 0.15) is 0 Å². The summed E-state index contributed by atoms with van der Waals surface area (Å²) in [4.78, 5) is 40.4. The molecule has 1 aromatic heterocycles. The zero-order chi connectivity index (χ0) is 26.5. The Bertz CT molecular complexity index is 1390. The Hall–Kier alpha value is -4.85. The average molecular weight is 510 g/mol. The van der Waals surface area contributed by atoms with Gasteiger partial charge in [0.05, 0.1) is 18.8 Å². The summed E-state index contributed by atoms with van der Waals surface area (Å²) < 4.78 is 10.9. The van der Waals surface area contributed by atoms with Crippen molar-refractivity contribution in [3.05, 3.63) is 126 Å². The third-order valence-electron chi connectivity index (χ3n) is 6.45. The summed E-state index contributed by atoms with van der Waals surface area (Å²) in [6.07, 6.45) is 0.0305. The largest absolute Gasteiger partial charge is 0.459 e. The summed E-state index contributed by atoms with van der Waals surface area (Å²) in [7, 11) is 0. The molecule has 0 radical (unpaired) electrons. The predicted molar refractivity (Wildman–Crippen MR) is 141 cm³/mol. The van der Waals surface area contributed by atoms with E-state index in [0.29, 0.717) is 11.3 Å². The minimum Gasteiger partial charge on any atom is -0.459 e. The highest BCUT2D eigenvalue weighted by atomic mass is 16.6. The fraction of sp³-hybridized carbons (Fsp3) is 0.167. The second kappa shape index (κ2) is 11.0. The Morgan fingerprint density at radius 1 is 0.895 bits per heavy atom. The summed E-state index contributed by atoms with van der Waals surface area (Å²) in [6.45, 7) is 2.13. The van der Waals surface area contributed by atoms with Gasteiger partial charge in [-0.1, -0.05) is 72.8 Å². The van der Waals surface area contributed by atoms with Crippen LogP contribution in [0.25, 0.3) is 0 Å². The van der Waals surface area contributed by atoms with Crippen molar-refractivity contribution < 1.29 is 23.5 Å². The lowest BCUT2D eigenvalue weighted by Crippen LogP contribution is -2.46. The number of ether oxygens (including phenoxy) is 1. The molecule has 1 aliphatic rings.